The Balaban J connectivity index is 1.36. The average Bonchev–Trinajstić information content (AvgIpc) is 3.39. The topological polar surface area (TPSA) is 101 Å². The number of phenolic OH excluding ortho intramolecular Hbond substituents is 1. The molecule has 4 aromatic carbocycles. The van der Waals surface area contributed by atoms with E-state index in [9.17, 15) is 19.5 Å². The fourth-order valence-corrected chi connectivity index (χ4v) is 9.09. The van der Waals surface area contributed by atoms with Crippen molar-refractivity contribution in [2.24, 2.45) is 23.7 Å². The lowest BCUT2D eigenvalue weighted by atomic mass is 9.44. The maximum absolute atomic E-state index is 15.1. The number of Topliss-reactive ketones (excluding diaryl/α,β-unsaturated/α-hetero) is 1. The molecule has 7 nitrogen and oxygen atoms in total. The van der Waals surface area contributed by atoms with E-state index in [0.29, 0.717) is 39.4 Å². The van der Waals surface area contributed by atoms with Gasteiger partial charge in [0.1, 0.15) is 0 Å². The molecule has 1 heterocycles. The average molecular weight is 670 g/mol. The molecule has 6 atom stereocenters. The first-order valence-corrected chi connectivity index (χ1v) is 16.7. The first-order valence-electron chi connectivity index (χ1n) is 16.4. The van der Waals surface area contributed by atoms with Gasteiger partial charge in [-0.2, -0.15) is 0 Å². The number of nitrogens with zero attached hydrogens (tertiary/aromatic N) is 1. The Bertz CT molecular complexity index is 2090. The molecule has 1 N–H and O–H groups in total. The van der Waals surface area contributed by atoms with Gasteiger partial charge in [0, 0.05) is 22.4 Å². The summed E-state index contributed by atoms with van der Waals surface area (Å²) in [5.74, 6) is -4.25. The third-order valence-corrected chi connectivity index (χ3v) is 11.2. The lowest BCUT2D eigenvalue weighted by Crippen LogP contribution is -2.58. The van der Waals surface area contributed by atoms with Crippen molar-refractivity contribution in [1.29, 1.82) is 0 Å². The Morgan fingerprint density at radius 1 is 0.837 bits per heavy atom. The largest absolute Gasteiger partial charge is 0.504 e. The van der Waals surface area contributed by atoms with E-state index in [2.05, 4.69) is 0 Å². The summed E-state index contributed by atoms with van der Waals surface area (Å²) in [4.78, 5) is 59.8. The zero-order valence-corrected chi connectivity index (χ0v) is 27.3. The summed E-state index contributed by atoms with van der Waals surface area (Å²) in [7, 11) is 1.46. The Kier molecular flexibility index (Phi) is 7.41. The smallest absolute Gasteiger partial charge is 0.238 e. The summed E-state index contributed by atoms with van der Waals surface area (Å²) in [6, 6.07) is 30.2. The van der Waals surface area contributed by atoms with E-state index >= 15 is 4.79 Å². The molecule has 0 radical (unpaired) electrons. The number of hydrogen-bond acceptors (Lipinski definition) is 6. The predicted octanol–water partition coefficient (Wildman–Crippen LogP) is 7.08. The van der Waals surface area contributed by atoms with Crippen LogP contribution < -0.4 is 9.64 Å². The van der Waals surface area contributed by atoms with Gasteiger partial charge in [0.25, 0.3) is 0 Å². The number of imide groups is 1. The van der Waals surface area contributed by atoms with Crippen LogP contribution in [0.3, 0.4) is 0 Å². The number of carbonyl (C=O) groups excluding carboxylic acids is 4. The quantitative estimate of drug-likeness (QED) is 0.180. The van der Waals surface area contributed by atoms with Gasteiger partial charge in [-0.3, -0.25) is 24.1 Å². The number of allylic oxidation sites excluding steroid dienone is 4. The fourth-order valence-electron chi connectivity index (χ4n) is 8.97. The zero-order valence-electron chi connectivity index (χ0n) is 26.6. The summed E-state index contributed by atoms with van der Waals surface area (Å²) in [5.41, 5.74) is 2.26. The SMILES string of the molecule is COc1cc([C@H]2C3=CC[C@@H]4C(=O)N(c5ccc(Cl)cc5)C(=O)[C@@H]4[C@@H]3C[C@H]3C(=O)C(c4ccccc4)=CC(=O)[C@@]23c2ccccc2)ccc1O. The van der Waals surface area contributed by atoms with Gasteiger partial charge in [-0.1, -0.05) is 90.0 Å². The van der Waals surface area contributed by atoms with Crippen LogP contribution in [-0.2, 0) is 24.6 Å². The second-order valence-corrected chi connectivity index (χ2v) is 13.6. The summed E-state index contributed by atoms with van der Waals surface area (Å²) in [6.07, 6.45) is 4.02. The third-order valence-electron chi connectivity index (χ3n) is 11.0. The molecule has 49 heavy (non-hydrogen) atoms. The van der Waals surface area contributed by atoms with Crippen molar-refractivity contribution in [2.45, 2.75) is 24.2 Å². The number of ketones is 2. The third kappa shape index (κ3) is 4.56. The van der Waals surface area contributed by atoms with E-state index in [-0.39, 0.29) is 41.3 Å². The lowest BCUT2D eigenvalue weighted by Gasteiger charge is -2.55. The fraction of sp³-hybridized carbons (Fsp3) is 0.220. The van der Waals surface area contributed by atoms with E-state index in [0.717, 1.165) is 5.57 Å². The van der Waals surface area contributed by atoms with Crippen molar-refractivity contribution in [2.75, 3.05) is 12.0 Å². The Morgan fingerprint density at radius 2 is 1.53 bits per heavy atom. The van der Waals surface area contributed by atoms with Crippen LogP contribution in [0.5, 0.6) is 11.5 Å². The van der Waals surface area contributed by atoms with E-state index in [4.69, 9.17) is 16.3 Å². The number of phenols is 1. The minimum absolute atomic E-state index is 0.0610. The first-order chi connectivity index (χ1) is 23.7. The molecule has 1 saturated heterocycles. The van der Waals surface area contributed by atoms with E-state index in [1.54, 1.807) is 36.4 Å². The van der Waals surface area contributed by atoms with Gasteiger partial charge in [0.2, 0.25) is 11.8 Å². The number of aromatic hydroxyl groups is 1. The molecular formula is C41H32ClNO6. The van der Waals surface area contributed by atoms with Crippen LogP contribution in [-0.4, -0.2) is 35.6 Å². The predicted molar refractivity (Wildman–Crippen MR) is 185 cm³/mol. The molecule has 244 valence electrons. The Hall–Kier alpha value is -5.27. The molecule has 1 saturated carbocycles. The number of fused-ring (bicyclic) bond motifs is 4. The highest BCUT2D eigenvalue weighted by Crippen LogP contribution is 2.64. The van der Waals surface area contributed by atoms with Gasteiger partial charge in [-0.05, 0) is 77.9 Å². The maximum atomic E-state index is 15.1. The van der Waals surface area contributed by atoms with Crippen molar-refractivity contribution in [3.63, 3.8) is 0 Å². The van der Waals surface area contributed by atoms with Crippen molar-refractivity contribution in [1.82, 2.24) is 0 Å². The molecule has 3 aliphatic carbocycles. The number of halogens is 1. The van der Waals surface area contributed by atoms with Crippen LogP contribution in [0.1, 0.15) is 35.4 Å². The number of rotatable bonds is 5. The van der Waals surface area contributed by atoms with Crippen LogP contribution in [0.25, 0.3) is 5.57 Å². The number of carbonyl (C=O) groups is 4. The van der Waals surface area contributed by atoms with Gasteiger partial charge in [0.15, 0.2) is 23.1 Å². The monoisotopic (exact) mass is 669 g/mol. The van der Waals surface area contributed by atoms with Crippen molar-refractivity contribution in [3.8, 4) is 11.5 Å². The zero-order chi connectivity index (χ0) is 34.0. The molecular weight excluding hydrogens is 638 g/mol. The number of amides is 2. The minimum atomic E-state index is -1.37. The van der Waals surface area contributed by atoms with Gasteiger partial charge in [-0.15, -0.1) is 0 Å². The molecule has 8 rings (SSSR count). The molecule has 0 unspecified atom stereocenters. The van der Waals surface area contributed by atoms with Crippen LogP contribution in [0, 0.1) is 23.7 Å². The highest BCUT2D eigenvalue weighted by molar-refractivity contribution is 6.32. The van der Waals surface area contributed by atoms with Crippen LogP contribution >= 0.6 is 11.6 Å². The van der Waals surface area contributed by atoms with Gasteiger partial charge in [-0.25, -0.2) is 0 Å². The number of benzene rings is 4. The second kappa shape index (κ2) is 11.7. The molecule has 0 aromatic heterocycles. The van der Waals surface area contributed by atoms with Crippen molar-refractivity contribution < 1.29 is 29.0 Å². The number of anilines is 1. The summed E-state index contributed by atoms with van der Waals surface area (Å²) < 4.78 is 5.53. The molecule has 4 aromatic rings. The lowest BCUT2D eigenvalue weighted by molar-refractivity contribution is -0.135. The van der Waals surface area contributed by atoms with E-state index in [1.165, 1.54) is 24.2 Å². The molecule has 1 aliphatic heterocycles. The normalized spacial score (nSPS) is 27.6. The van der Waals surface area contributed by atoms with Crippen molar-refractivity contribution in [3.05, 3.63) is 143 Å². The highest BCUT2D eigenvalue weighted by Gasteiger charge is 2.66. The summed E-state index contributed by atoms with van der Waals surface area (Å²) in [6.45, 7) is 0. The molecule has 2 amide bonds. The van der Waals surface area contributed by atoms with Gasteiger partial charge in [0.05, 0.1) is 30.0 Å². The Morgan fingerprint density at radius 3 is 2.22 bits per heavy atom. The van der Waals surface area contributed by atoms with Gasteiger partial charge >= 0.3 is 0 Å². The molecule has 8 heteroatoms. The number of ether oxygens (including phenoxy) is 1. The molecule has 0 spiro atoms. The molecule has 0 bridgehead atoms. The summed E-state index contributed by atoms with van der Waals surface area (Å²) >= 11 is 6.13. The van der Waals surface area contributed by atoms with Crippen LogP contribution in [0.4, 0.5) is 5.69 Å². The summed E-state index contributed by atoms with van der Waals surface area (Å²) in [5, 5.41) is 11.1. The Labute approximate surface area is 288 Å². The van der Waals surface area contributed by atoms with Crippen molar-refractivity contribution >= 4 is 46.2 Å². The number of hydrogen-bond donors (Lipinski definition) is 1. The van der Waals surface area contributed by atoms with Gasteiger partial charge < -0.3 is 9.84 Å². The first kappa shape index (κ1) is 31.0. The minimum Gasteiger partial charge on any atom is -0.504 e. The van der Waals surface area contributed by atoms with Crippen LogP contribution in [0.2, 0.25) is 5.02 Å². The van der Waals surface area contributed by atoms with E-state index < -0.39 is 35.0 Å². The highest BCUT2D eigenvalue weighted by atomic mass is 35.5. The standard InChI is InChI=1S/C41H32ClNO6/c1-49-34-20-24(12-19-33(34)44)37-28-17-18-29-36(40(48)43(39(29)47)27-15-13-26(42)14-16-27)31(28)21-32-38(46)30(23-8-4-2-5-9-23)22-35(45)41(32,37)25-10-6-3-7-11-25/h2-17,19-20,22,29,31-32,36-37,44H,18,21H2,1H3/t29-,31+,32-,36-,37-,41-/m0/s1. The van der Waals surface area contributed by atoms with E-state index in [1.807, 2.05) is 66.7 Å². The number of methoxy groups -OCH3 is 1. The second-order valence-electron chi connectivity index (χ2n) is 13.2. The van der Waals surface area contributed by atoms with Crippen LogP contribution in [0.15, 0.2) is 121 Å². The molecule has 2 fully saturated rings. The molecule has 4 aliphatic rings. The maximum Gasteiger partial charge on any atom is 0.238 e.